The summed E-state index contributed by atoms with van der Waals surface area (Å²) in [6, 6.07) is 6.82. The predicted octanol–water partition coefficient (Wildman–Crippen LogP) is 4.46. The molecule has 1 aromatic carbocycles. The van der Waals surface area contributed by atoms with Crippen LogP contribution in [0.25, 0.3) is 0 Å². The van der Waals surface area contributed by atoms with Crippen LogP contribution in [0.3, 0.4) is 0 Å². The second kappa shape index (κ2) is 6.41. The number of hydrogen-bond donors (Lipinski definition) is 1. The van der Waals surface area contributed by atoms with E-state index in [0.717, 1.165) is 32.4 Å². The molecule has 0 saturated heterocycles. The molecule has 0 aliphatic carbocycles. The largest absolute Gasteiger partial charge is 0.504 e. The zero-order chi connectivity index (χ0) is 16.7. The third-order valence-electron chi connectivity index (χ3n) is 5.37. The van der Waals surface area contributed by atoms with Gasteiger partial charge in [-0.3, -0.25) is 4.90 Å². The number of aromatic hydroxyl groups is 1. The van der Waals surface area contributed by atoms with Crippen molar-refractivity contribution in [2.45, 2.75) is 51.6 Å². The molecule has 0 unspecified atom stereocenters. The van der Waals surface area contributed by atoms with E-state index >= 15 is 0 Å². The second-order valence-electron chi connectivity index (χ2n) is 6.91. The molecule has 1 aromatic heterocycles. The fourth-order valence-electron chi connectivity index (χ4n) is 4.19. The molecule has 2 aliphatic heterocycles. The van der Waals surface area contributed by atoms with Crippen LogP contribution in [0.15, 0.2) is 18.2 Å². The Kier molecular flexibility index (Phi) is 4.27. The Morgan fingerprint density at radius 1 is 1.25 bits per heavy atom. The summed E-state index contributed by atoms with van der Waals surface area (Å²) < 4.78 is 5.28. The Bertz CT molecular complexity index is 752. The molecule has 4 rings (SSSR count). The minimum atomic E-state index is 0.266. The van der Waals surface area contributed by atoms with E-state index in [-0.39, 0.29) is 5.75 Å². The molecule has 0 radical (unpaired) electrons. The van der Waals surface area contributed by atoms with Crippen molar-refractivity contribution in [3.05, 3.63) is 44.6 Å². The quantitative estimate of drug-likeness (QED) is 0.893. The Labute approximate surface area is 147 Å². The van der Waals surface area contributed by atoms with E-state index in [1.54, 1.807) is 16.9 Å². The van der Waals surface area contributed by atoms with E-state index in [9.17, 15) is 5.11 Å². The summed E-state index contributed by atoms with van der Waals surface area (Å²) in [7, 11) is 1.62. The number of aryl methyl sites for hydroxylation is 2. The van der Waals surface area contributed by atoms with Crippen LogP contribution in [-0.2, 0) is 25.8 Å². The lowest BCUT2D eigenvalue weighted by Gasteiger charge is -2.36. The van der Waals surface area contributed by atoms with Crippen molar-refractivity contribution in [3.63, 3.8) is 0 Å². The molecule has 0 spiro atoms. The van der Waals surface area contributed by atoms with E-state index in [4.69, 9.17) is 4.74 Å². The van der Waals surface area contributed by atoms with Gasteiger partial charge in [0, 0.05) is 28.9 Å². The monoisotopic (exact) mass is 343 g/mol. The Hall–Kier alpha value is -1.52. The van der Waals surface area contributed by atoms with Crippen LogP contribution in [0, 0.1) is 0 Å². The average molecular weight is 343 g/mol. The fourth-order valence-corrected chi connectivity index (χ4v) is 5.49. The van der Waals surface area contributed by atoms with Gasteiger partial charge < -0.3 is 9.84 Å². The van der Waals surface area contributed by atoms with Crippen LogP contribution in [0.2, 0.25) is 0 Å². The van der Waals surface area contributed by atoms with Crippen LogP contribution in [0.4, 0.5) is 0 Å². The first-order valence-electron chi connectivity index (χ1n) is 8.94. The topological polar surface area (TPSA) is 32.7 Å². The third kappa shape index (κ3) is 2.72. The van der Waals surface area contributed by atoms with Gasteiger partial charge in [-0.05, 0) is 60.6 Å². The van der Waals surface area contributed by atoms with Gasteiger partial charge in [0.15, 0.2) is 11.5 Å². The van der Waals surface area contributed by atoms with Gasteiger partial charge in [0.25, 0.3) is 0 Å². The summed E-state index contributed by atoms with van der Waals surface area (Å²) in [4.78, 5) is 5.72. The number of benzene rings is 1. The van der Waals surface area contributed by atoms with E-state index in [1.165, 1.54) is 29.5 Å². The SMILES string of the molecule is CCCc1cc2c(s1)CC[C@H]1c3cc(O)c(OC)cc3CCN1C2. The molecule has 1 N–H and O–H groups in total. The molecule has 24 heavy (non-hydrogen) atoms. The first-order valence-corrected chi connectivity index (χ1v) is 9.75. The first-order chi connectivity index (χ1) is 11.7. The van der Waals surface area contributed by atoms with Gasteiger partial charge in [0.1, 0.15) is 0 Å². The summed E-state index contributed by atoms with van der Waals surface area (Å²) >= 11 is 2.01. The van der Waals surface area contributed by atoms with Crippen LogP contribution < -0.4 is 4.74 Å². The Morgan fingerprint density at radius 3 is 2.92 bits per heavy atom. The number of hydrogen-bond acceptors (Lipinski definition) is 4. The van der Waals surface area contributed by atoms with Crippen molar-refractivity contribution >= 4 is 11.3 Å². The molecule has 0 bridgehead atoms. The van der Waals surface area contributed by atoms with Crippen molar-refractivity contribution in [1.82, 2.24) is 4.90 Å². The molecule has 0 fully saturated rings. The van der Waals surface area contributed by atoms with Crippen LogP contribution >= 0.6 is 11.3 Å². The Balaban J connectivity index is 1.64. The number of ether oxygens (including phenoxy) is 1. The van der Waals surface area contributed by atoms with Gasteiger partial charge in [-0.2, -0.15) is 0 Å². The smallest absolute Gasteiger partial charge is 0.160 e. The van der Waals surface area contributed by atoms with Crippen molar-refractivity contribution < 1.29 is 9.84 Å². The van der Waals surface area contributed by atoms with Crippen molar-refractivity contribution in [2.75, 3.05) is 13.7 Å². The highest BCUT2D eigenvalue weighted by molar-refractivity contribution is 7.12. The highest BCUT2D eigenvalue weighted by Crippen LogP contribution is 2.42. The zero-order valence-electron chi connectivity index (χ0n) is 14.5. The molecule has 2 aliphatic rings. The molecule has 2 aromatic rings. The molecule has 0 amide bonds. The van der Waals surface area contributed by atoms with Gasteiger partial charge in [-0.25, -0.2) is 0 Å². The highest BCUT2D eigenvalue weighted by Gasteiger charge is 2.31. The van der Waals surface area contributed by atoms with E-state index in [2.05, 4.69) is 17.9 Å². The third-order valence-corrected chi connectivity index (χ3v) is 6.67. The van der Waals surface area contributed by atoms with E-state index in [0.29, 0.717) is 11.8 Å². The van der Waals surface area contributed by atoms with Crippen LogP contribution in [0.1, 0.15) is 52.3 Å². The number of methoxy groups -OCH3 is 1. The zero-order valence-corrected chi connectivity index (χ0v) is 15.3. The summed E-state index contributed by atoms with van der Waals surface area (Å²) in [5, 5.41) is 10.2. The summed E-state index contributed by atoms with van der Waals surface area (Å²) in [5.74, 6) is 0.862. The summed E-state index contributed by atoms with van der Waals surface area (Å²) in [5.41, 5.74) is 4.17. The lowest BCUT2D eigenvalue weighted by Crippen LogP contribution is -2.34. The van der Waals surface area contributed by atoms with Crippen molar-refractivity contribution in [3.8, 4) is 11.5 Å². The number of phenolic OH excluding ortho intramolecular Hbond substituents is 1. The molecule has 3 nitrogen and oxygen atoms in total. The average Bonchev–Trinajstić information content (AvgIpc) is 2.86. The second-order valence-corrected chi connectivity index (χ2v) is 8.13. The maximum atomic E-state index is 10.2. The number of rotatable bonds is 3. The van der Waals surface area contributed by atoms with Gasteiger partial charge in [-0.15, -0.1) is 11.3 Å². The number of phenols is 1. The maximum Gasteiger partial charge on any atom is 0.160 e. The van der Waals surface area contributed by atoms with Crippen LogP contribution in [-0.4, -0.2) is 23.7 Å². The number of thiophene rings is 1. The van der Waals surface area contributed by atoms with E-state index in [1.807, 2.05) is 23.5 Å². The standard InChI is InChI=1S/C20H25NO2S/c1-3-4-15-9-14-12-21-8-7-13-10-19(23-2)18(22)11-16(13)17(21)5-6-20(14)24-15/h9-11,17,22H,3-8,12H2,1-2H3/t17-/m0/s1. The Morgan fingerprint density at radius 2 is 2.12 bits per heavy atom. The molecule has 0 saturated carbocycles. The molecule has 4 heteroatoms. The number of fused-ring (bicyclic) bond motifs is 4. The normalized spacial score (nSPS) is 20.0. The lowest BCUT2D eigenvalue weighted by atomic mass is 9.90. The summed E-state index contributed by atoms with van der Waals surface area (Å²) in [6.45, 7) is 4.39. The van der Waals surface area contributed by atoms with Crippen LogP contribution in [0.5, 0.6) is 11.5 Å². The van der Waals surface area contributed by atoms with Gasteiger partial charge in [0.2, 0.25) is 0 Å². The molecular weight excluding hydrogens is 318 g/mol. The molecule has 128 valence electrons. The predicted molar refractivity (Wildman–Crippen MR) is 98.1 cm³/mol. The van der Waals surface area contributed by atoms with Crippen molar-refractivity contribution in [1.29, 1.82) is 0 Å². The molecule has 1 atom stereocenters. The lowest BCUT2D eigenvalue weighted by molar-refractivity contribution is 0.173. The van der Waals surface area contributed by atoms with Gasteiger partial charge in [0.05, 0.1) is 7.11 Å². The highest BCUT2D eigenvalue weighted by atomic mass is 32.1. The van der Waals surface area contributed by atoms with Crippen molar-refractivity contribution in [2.24, 2.45) is 0 Å². The van der Waals surface area contributed by atoms with Gasteiger partial charge >= 0.3 is 0 Å². The fraction of sp³-hybridized carbons (Fsp3) is 0.500. The minimum absolute atomic E-state index is 0.266. The molecule has 3 heterocycles. The number of nitrogens with zero attached hydrogens (tertiary/aromatic N) is 1. The first kappa shape index (κ1) is 16.0. The van der Waals surface area contributed by atoms with Gasteiger partial charge in [-0.1, -0.05) is 13.3 Å². The van der Waals surface area contributed by atoms with E-state index < -0.39 is 0 Å². The molecular formula is C20H25NO2S. The minimum Gasteiger partial charge on any atom is -0.504 e. The summed E-state index contributed by atoms with van der Waals surface area (Å²) in [6.07, 6.45) is 5.75. The maximum absolute atomic E-state index is 10.2.